The van der Waals surface area contributed by atoms with E-state index in [-0.39, 0.29) is 56.8 Å². The molecule has 0 aromatic heterocycles. The zero-order chi connectivity index (χ0) is 55.3. The van der Waals surface area contributed by atoms with Crippen LogP contribution < -0.4 is 11.1 Å². The van der Waals surface area contributed by atoms with E-state index in [1.807, 2.05) is 19.9 Å². The van der Waals surface area contributed by atoms with Gasteiger partial charge in [0.1, 0.15) is 12.2 Å². The molecule has 2 heterocycles. The normalized spacial score (nSPS) is 41.6. The van der Waals surface area contributed by atoms with Gasteiger partial charge in [-0.1, -0.05) is 77.8 Å². The number of aliphatic imine (C=N–C) groups is 1. The van der Waals surface area contributed by atoms with E-state index in [2.05, 4.69) is 23.3 Å². The number of aliphatic hydroxyl groups is 12. The lowest BCUT2D eigenvalue weighted by atomic mass is 9.83. The molecule has 0 spiro atoms. The number of hydrogen-bond acceptors (Lipinski definition) is 16. The van der Waals surface area contributed by atoms with Crippen LogP contribution in [-0.2, 0) is 14.3 Å². The SMILES string of the molecule is CN=C(N)NCCCCC/C=C(/C)C[C@H](C)[C@H]1OC(=O)[C@H](C)[C@H](O)/C=C/[C@@H](C)[C@H](O)C[C@H](O)[C@H](C)[C@H](O)CC[C@H](C)[C@H](O)C[C@]2(O)O[C@@H](C[C@@H](O)C[C@H](O)C[C@@H](O)[C@H](C)[C@@H](O)/C(C)=C/CC[C@@H]1C)C[C@@H](O)[C@@H]2O. The molecule has 1 fully saturated rings. The summed E-state index contributed by atoms with van der Waals surface area (Å²) in [6, 6.07) is 0. The van der Waals surface area contributed by atoms with E-state index in [9.17, 15) is 66.1 Å². The maximum absolute atomic E-state index is 13.8. The Kier molecular flexibility index (Phi) is 30.0. The highest BCUT2D eigenvalue weighted by Gasteiger charge is 2.50. The molecular formula is C55H101N3O15. The zero-order valence-electron chi connectivity index (χ0n) is 45.8. The Bertz CT molecular complexity index is 1700. The second-order valence-electron chi connectivity index (χ2n) is 22.4. The number of cyclic esters (lactones) is 1. The van der Waals surface area contributed by atoms with Crippen molar-refractivity contribution in [3.63, 3.8) is 0 Å². The van der Waals surface area contributed by atoms with Crippen LogP contribution >= 0.6 is 0 Å². The number of carbonyl (C=O) groups is 1. The van der Waals surface area contributed by atoms with E-state index in [1.165, 1.54) is 6.08 Å². The topological polar surface area (TPSA) is 329 Å². The van der Waals surface area contributed by atoms with Crippen molar-refractivity contribution in [3.8, 4) is 0 Å². The first kappa shape index (κ1) is 66.6. The Morgan fingerprint density at radius 1 is 0.781 bits per heavy atom. The average Bonchev–Trinajstić information content (AvgIpc) is 3.32. The van der Waals surface area contributed by atoms with E-state index >= 15 is 0 Å². The van der Waals surface area contributed by atoms with Crippen molar-refractivity contribution in [3.05, 3.63) is 35.5 Å². The van der Waals surface area contributed by atoms with Gasteiger partial charge < -0.3 is 81.8 Å². The van der Waals surface area contributed by atoms with Gasteiger partial charge in [0.15, 0.2) is 11.7 Å². The monoisotopic (exact) mass is 1040 g/mol. The number of nitrogens with one attached hydrogen (secondary N) is 1. The number of rotatable bonds is 9. The maximum atomic E-state index is 13.8. The second-order valence-corrected chi connectivity index (χ2v) is 22.4. The third-order valence-corrected chi connectivity index (χ3v) is 15.8. The molecule has 2 rings (SSSR count). The summed E-state index contributed by atoms with van der Waals surface area (Å²) < 4.78 is 12.1. The molecular weight excluding hydrogens is 943 g/mol. The van der Waals surface area contributed by atoms with Gasteiger partial charge in [0, 0.05) is 50.6 Å². The zero-order valence-corrected chi connectivity index (χ0v) is 45.8. The van der Waals surface area contributed by atoms with Crippen LogP contribution in [0.15, 0.2) is 40.4 Å². The summed E-state index contributed by atoms with van der Waals surface area (Å²) in [7, 11) is 1.64. The van der Waals surface area contributed by atoms with Gasteiger partial charge in [0.2, 0.25) is 0 Å². The summed E-state index contributed by atoms with van der Waals surface area (Å²) in [5.41, 5.74) is 7.49. The summed E-state index contributed by atoms with van der Waals surface area (Å²) >= 11 is 0. The van der Waals surface area contributed by atoms with Crippen molar-refractivity contribution in [1.29, 1.82) is 0 Å². The van der Waals surface area contributed by atoms with Crippen molar-refractivity contribution in [1.82, 2.24) is 5.32 Å². The van der Waals surface area contributed by atoms with E-state index in [0.717, 1.165) is 37.8 Å². The quantitative estimate of drug-likeness (QED) is 0.0518. The summed E-state index contributed by atoms with van der Waals surface area (Å²) in [6.45, 7) is 16.9. The Morgan fingerprint density at radius 2 is 1.42 bits per heavy atom. The molecule has 0 aliphatic carbocycles. The van der Waals surface area contributed by atoms with Crippen LogP contribution in [0.5, 0.6) is 0 Å². The predicted octanol–water partition coefficient (Wildman–Crippen LogP) is 3.26. The first-order valence-electron chi connectivity index (χ1n) is 27.2. The van der Waals surface area contributed by atoms with Gasteiger partial charge >= 0.3 is 5.97 Å². The van der Waals surface area contributed by atoms with E-state index in [4.69, 9.17) is 15.2 Å². The first-order chi connectivity index (χ1) is 34.1. The first-order valence-corrected chi connectivity index (χ1v) is 27.2. The standard InChI is InChI=1S/C55H101N3O15/c1-31(16-13-11-12-14-23-58-54(56)57-10)24-36(6)51-35(5)18-15-17-34(4)50(68)38(8)46(64)27-41(60)25-40(59)26-42-28-48(66)52(69)55(71,73-42)30-49(67)33(3)20-21-43(61)37(7)47(65)29-45(63)32(2)19-22-44(62)39(9)53(70)72-51/h16-17,19,22,32-33,35-52,59-69,71H,11-15,18,20-21,23-30H2,1-10H3,(H3,56,57,58)/b22-19+,31-16-,34-17+/t32-,33+,35+,36+,37-,38+,39-,40+,41+,42+,43-,44-,45-,46-,47+,48-,49-,50+,51+,52+,55+/m1/s1. The average molecular weight is 1040 g/mol. The van der Waals surface area contributed by atoms with E-state index < -0.39 is 127 Å². The number of ether oxygens (including phenoxy) is 2. The third kappa shape index (κ3) is 22.9. The highest BCUT2D eigenvalue weighted by Crippen LogP contribution is 2.36. The molecule has 0 unspecified atom stereocenters. The van der Waals surface area contributed by atoms with Crippen LogP contribution in [0.1, 0.15) is 159 Å². The molecule has 0 amide bonds. The van der Waals surface area contributed by atoms with E-state index in [0.29, 0.717) is 30.8 Å². The molecule has 0 saturated carbocycles. The molecule has 2 bridgehead atoms. The number of nitrogens with two attached hydrogens (primary N) is 1. The fraction of sp³-hybridized carbons (Fsp3) is 0.855. The predicted molar refractivity (Wildman–Crippen MR) is 281 cm³/mol. The molecule has 21 atom stereocenters. The maximum Gasteiger partial charge on any atom is 0.311 e. The van der Waals surface area contributed by atoms with Gasteiger partial charge in [0.05, 0.1) is 73.1 Å². The van der Waals surface area contributed by atoms with E-state index in [1.54, 1.807) is 54.7 Å². The smallest absolute Gasteiger partial charge is 0.311 e. The molecule has 18 heteroatoms. The number of guanidine groups is 1. The number of aliphatic hydroxyl groups excluding tert-OH is 11. The van der Waals surface area contributed by atoms with Crippen molar-refractivity contribution in [2.45, 2.75) is 244 Å². The number of hydrogen-bond donors (Lipinski definition) is 14. The van der Waals surface area contributed by atoms with Crippen molar-refractivity contribution in [2.24, 2.45) is 52.2 Å². The van der Waals surface area contributed by atoms with Crippen LogP contribution in [0.2, 0.25) is 0 Å². The van der Waals surface area contributed by atoms with Crippen molar-refractivity contribution < 1.29 is 75.5 Å². The molecule has 73 heavy (non-hydrogen) atoms. The van der Waals surface area contributed by atoms with Gasteiger partial charge in [-0.15, -0.1) is 0 Å². The number of fused-ring (bicyclic) bond motifs is 2. The van der Waals surface area contributed by atoms with Crippen molar-refractivity contribution >= 4 is 11.9 Å². The molecule has 18 nitrogen and oxygen atoms in total. The number of nitrogens with zero attached hydrogens (tertiary/aromatic N) is 1. The molecule has 0 aromatic carbocycles. The fourth-order valence-electron chi connectivity index (χ4n) is 10.1. The fourth-order valence-corrected chi connectivity index (χ4v) is 10.1. The minimum atomic E-state index is -2.40. The lowest BCUT2D eigenvalue weighted by Gasteiger charge is -2.45. The highest BCUT2D eigenvalue weighted by molar-refractivity contribution is 5.77. The van der Waals surface area contributed by atoms with Gasteiger partial charge in [-0.2, -0.15) is 0 Å². The summed E-state index contributed by atoms with van der Waals surface area (Å²) in [4.78, 5) is 17.7. The minimum absolute atomic E-state index is 0.0985. The summed E-state index contributed by atoms with van der Waals surface area (Å²) in [5, 5.41) is 136. The van der Waals surface area contributed by atoms with Crippen LogP contribution in [0.4, 0.5) is 0 Å². The van der Waals surface area contributed by atoms with Gasteiger partial charge in [-0.3, -0.25) is 9.79 Å². The van der Waals surface area contributed by atoms with Gasteiger partial charge in [-0.25, -0.2) is 0 Å². The number of esters is 1. The molecule has 0 aromatic rings. The lowest BCUT2D eigenvalue weighted by molar-refractivity contribution is -0.333. The summed E-state index contributed by atoms with van der Waals surface area (Å²) in [6.07, 6.45) is -3.34. The van der Waals surface area contributed by atoms with Crippen molar-refractivity contribution in [2.75, 3.05) is 13.6 Å². The second kappa shape index (κ2) is 32.9. The summed E-state index contributed by atoms with van der Waals surface area (Å²) in [5.74, 6) is -6.28. The molecule has 2 aliphatic rings. The van der Waals surface area contributed by atoms with Gasteiger partial charge in [-0.05, 0) is 115 Å². The van der Waals surface area contributed by atoms with Crippen LogP contribution in [0, 0.1) is 41.4 Å². The molecule has 426 valence electrons. The Morgan fingerprint density at radius 3 is 2.08 bits per heavy atom. The number of carbonyl (C=O) groups excluding carboxylic acids is 1. The van der Waals surface area contributed by atoms with Crippen LogP contribution in [0.3, 0.4) is 0 Å². The Hall–Kier alpha value is -2.56. The minimum Gasteiger partial charge on any atom is -0.462 e. The number of allylic oxidation sites excluding steroid dienone is 3. The highest BCUT2D eigenvalue weighted by atomic mass is 16.7. The molecule has 15 N–H and O–H groups in total. The van der Waals surface area contributed by atoms with Crippen LogP contribution in [-0.4, -0.2) is 172 Å². The Balaban J connectivity index is 2.36. The largest absolute Gasteiger partial charge is 0.462 e. The molecule has 0 radical (unpaired) electrons. The third-order valence-electron chi connectivity index (χ3n) is 15.8. The van der Waals surface area contributed by atoms with Gasteiger partial charge in [0.25, 0.3) is 0 Å². The Labute approximate surface area is 436 Å². The number of unbranched alkanes of at least 4 members (excludes halogenated alkanes) is 3. The molecule has 2 aliphatic heterocycles. The lowest BCUT2D eigenvalue weighted by Crippen LogP contribution is -2.59. The molecule has 1 saturated heterocycles. The van der Waals surface area contributed by atoms with Crippen LogP contribution in [0.25, 0.3) is 0 Å².